The number of aromatic nitrogens is 3. The van der Waals surface area contributed by atoms with Crippen molar-refractivity contribution in [3.8, 4) is 22.1 Å². The van der Waals surface area contributed by atoms with Gasteiger partial charge in [-0.1, -0.05) is 6.07 Å². The fourth-order valence-corrected chi connectivity index (χ4v) is 5.20. The van der Waals surface area contributed by atoms with Crippen molar-refractivity contribution in [2.75, 3.05) is 7.05 Å². The molecule has 4 heterocycles. The second-order valence-corrected chi connectivity index (χ2v) is 9.92. The highest BCUT2D eigenvalue weighted by Crippen LogP contribution is 2.46. The summed E-state index contributed by atoms with van der Waals surface area (Å²) in [6, 6.07) is 4.79. The standard InChI is InChI=1S/C20H18FN5O5S2/c1-9-5-4-6-24-18(9)31-15-13(21)20(33(22,29)30)32-16(15)11-8-26(3)19(28)14-10(11)7-12(25-14)17(27)23-2/h4-8,25H,1-3H3,(H,23,27)(H2,22,29,30). The van der Waals surface area contributed by atoms with Crippen LogP contribution in [0.15, 0.2) is 39.6 Å². The van der Waals surface area contributed by atoms with Crippen LogP contribution >= 0.6 is 11.3 Å². The SMILES string of the molecule is CNC(=O)c1cc2c(-c3sc(S(N)(=O)=O)c(F)c3Oc3ncccc3C)cn(C)c(=O)c2[nH]1. The number of nitrogens with two attached hydrogens (primary N) is 1. The number of carbonyl (C=O) groups is 1. The number of H-pyrrole nitrogens is 1. The third-order valence-electron chi connectivity index (χ3n) is 4.88. The van der Waals surface area contributed by atoms with Gasteiger partial charge in [0.2, 0.25) is 5.88 Å². The molecule has 4 rings (SSSR count). The first-order valence-electron chi connectivity index (χ1n) is 9.42. The van der Waals surface area contributed by atoms with E-state index < -0.39 is 37.3 Å². The summed E-state index contributed by atoms with van der Waals surface area (Å²) in [5, 5.41) is 7.96. The Morgan fingerprint density at radius 3 is 2.76 bits per heavy atom. The predicted molar refractivity (Wildman–Crippen MR) is 121 cm³/mol. The van der Waals surface area contributed by atoms with Crippen LogP contribution in [0.25, 0.3) is 21.3 Å². The number of amides is 1. The molecule has 0 bridgehead atoms. The van der Waals surface area contributed by atoms with E-state index in [-0.39, 0.29) is 32.9 Å². The van der Waals surface area contributed by atoms with E-state index in [0.717, 1.165) is 0 Å². The maximum Gasteiger partial charge on any atom is 0.274 e. The number of fused-ring (bicyclic) bond motifs is 1. The minimum absolute atomic E-state index is 0.0598. The third kappa shape index (κ3) is 3.90. The molecule has 0 aliphatic heterocycles. The first-order valence-corrected chi connectivity index (χ1v) is 11.8. The zero-order valence-electron chi connectivity index (χ0n) is 17.6. The minimum Gasteiger partial charge on any atom is -0.434 e. The van der Waals surface area contributed by atoms with Gasteiger partial charge < -0.3 is 19.6 Å². The number of rotatable bonds is 5. The van der Waals surface area contributed by atoms with Crippen molar-refractivity contribution in [1.29, 1.82) is 0 Å². The van der Waals surface area contributed by atoms with Crippen molar-refractivity contribution >= 4 is 38.2 Å². The molecule has 0 aliphatic rings. The normalized spacial score (nSPS) is 11.7. The fourth-order valence-electron chi connectivity index (χ4n) is 3.27. The van der Waals surface area contributed by atoms with Crippen LogP contribution in [0, 0.1) is 12.7 Å². The number of ether oxygens (including phenoxy) is 1. The molecule has 172 valence electrons. The van der Waals surface area contributed by atoms with Gasteiger partial charge in [0.05, 0.1) is 4.88 Å². The Morgan fingerprint density at radius 2 is 2.12 bits per heavy atom. The zero-order chi connectivity index (χ0) is 24.1. The van der Waals surface area contributed by atoms with Crippen LogP contribution in [-0.4, -0.2) is 35.9 Å². The Bertz CT molecular complexity index is 1590. The van der Waals surface area contributed by atoms with Crippen LogP contribution < -0.4 is 20.8 Å². The number of nitrogens with zero attached hydrogens (tertiary/aromatic N) is 2. The van der Waals surface area contributed by atoms with Crippen molar-refractivity contribution in [1.82, 2.24) is 19.9 Å². The number of pyridine rings is 2. The molecule has 0 aromatic carbocycles. The number of aromatic amines is 1. The molecule has 1 amide bonds. The van der Waals surface area contributed by atoms with Gasteiger partial charge in [-0.3, -0.25) is 9.59 Å². The van der Waals surface area contributed by atoms with Gasteiger partial charge in [0.1, 0.15) is 11.2 Å². The summed E-state index contributed by atoms with van der Waals surface area (Å²) < 4.78 is 45.6. The van der Waals surface area contributed by atoms with Crippen molar-refractivity contribution in [3.63, 3.8) is 0 Å². The summed E-state index contributed by atoms with van der Waals surface area (Å²) in [5.74, 6) is -1.99. The number of primary sulfonamides is 1. The van der Waals surface area contributed by atoms with E-state index in [1.165, 1.54) is 37.1 Å². The molecule has 13 heteroatoms. The van der Waals surface area contributed by atoms with Crippen molar-refractivity contribution < 1.29 is 22.3 Å². The van der Waals surface area contributed by atoms with Crippen LogP contribution in [0.3, 0.4) is 0 Å². The van der Waals surface area contributed by atoms with Gasteiger partial charge in [0.15, 0.2) is 15.8 Å². The summed E-state index contributed by atoms with van der Waals surface area (Å²) in [4.78, 5) is 31.7. The molecule has 0 saturated carbocycles. The fraction of sp³-hybridized carbons (Fsp3) is 0.150. The number of sulfonamides is 1. The Balaban J connectivity index is 2.05. The summed E-state index contributed by atoms with van der Waals surface area (Å²) in [5.41, 5.74) is 0.597. The molecule has 0 unspecified atom stereocenters. The first-order chi connectivity index (χ1) is 15.5. The molecular weight excluding hydrogens is 473 g/mol. The van der Waals surface area contributed by atoms with E-state index in [9.17, 15) is 18.0 Å². The second kappa shape index (κ2) is 8.10. The molecule has 4 N–H and O–H groups in total. The Hall–Kier alpha value is -3.55. The van der Waals surface area contributed by atoms with Crippen LogP contribution in [0.1, 0.15) is 16.1 Å². The number of hydrogen-bond donors (Lipinski definition) is 3. The van der Waals surface area contributed by atoms with Crippen LogP contribution in [-0.2, 0) is 17.1 Å². The van der Waals surface area contributed by atoms with Gasteiger partial charge in [-0.25, -0.2) is 22.9 Å². The molecule has 10 nitrogen and oxygen atoms in total. The molecule has 0 atom stereocenters. The molecule has 0 aliphatic carbocycles. The van der Waals surface area contributed by atoms with Gasteiger partial charge in [0.25, 0.3) is 21.5 Å². The van der Waals surface area contributed by atoms with E-state index in [4.69, 9.17) is 9.88 Å². The molecule has 0 radical (unpaired) electrons. The highest BCUT2D eigenvalue weighted by Gasteiger charge is 2.30. The van der Waals surface area contributed by atoms with Gasteiger partial charge in [-0.05, 0) is 19.1 Å². The lowest BCUT2D eigenvalue weighted by atomic mass is 10.1. The van der Waals surface area contributed by atoms with Gasteiger partial charge in [-0.2, -0.15) is 0 Å². The molecule has 4 aromatic heterocycles. The number of aryl methyl sites for hydroxylation is 2. The monoisotopic (exact) mass is 491 g/mol. The number of carbonyl (C=O) groups excluding carboxylic acids is 1. The zero-order valence-corrected chi connectivity index (χ0v) is 19.2. The molecule has 0 spiro atoms. The summed E-state index contributed by atoms with van der Waals surface area (Å²) in [7, 11) is -1.52. The van der Waals surface area contributed by atoms with Gasteiger partial charge >= 0.3 is 0 Å². The first kappa shape index (κ1) is 22.6. The highest BCUT2D eigenvalue weighted by atomic mass is 32.2. The molecule has 33 heavy (non-hydrogen) atoms. The summed E-state index contributed by atoms with van der Waals surface area (Å²) >= 11 is 0.554. The Morgan fingerprint density at radius 1 is 1.39 bits per heavy atom. The van der Waals surface area contributed by atoms with E-state index in [1.807, 2.05) is 0 Å². The molecule has 0 fully saturated rings. The topological polar surface area (TPSA) is 149 Å². The van der Waals surface area contributed by atoms with Crippen molar-refractivity contribution in [2.24, 2.45) is 12.2 Å². The average molecular weight is 492 g/mol. The lowest BCUT2D eigenvalue weighted by molar-refractivity contribution is 0.0959. The summed E-state index contributed by atoms with van der Waals surface area (Å²) in [6.07, 6.45) is 2.85. The molecular formula is C20H18FN5O5S2. The quantitative estimate of drug-likeness (QED) is 0.390. The number of hydrogen-bond acceptors (Lipinski definition) is 7. The van der Waals surface area contributed by atoms with Crippen LogP contribution in [0.5, 0.6) is 11.6 Å². The maximum atomic E-state index is 15.3. The largest absolute Gasteiger partial charge is 0.434 e. The lowest BCUT2D eigenvalue weighted by Gasteiger charge is -2.10. The highest BCUT2D eigenvalue weighted by molar-refractivity contribution is 7.91. The lowest BCUT2D eigenvalue weighted by Crippen LogP contribution is -2.19. The van der Waals surface area contributed by atoms with E-state index in [2.05, 4.69) is 15.3 Å². The average Bonchev–Trinajstić information content (AvgIpc) is 3.34. The predicted octanol–water partition coefficient (Wildman–Crippen LogP) is 2.24. The summed E-state index contributed by atoms with van der Waals surface area (Å²) in [6.45, 7) is 1.69. The minimum atomic E-state index is -4.43. The van der Waals surface area contributed by atoms with Crippen LogP contribution in [0.2, 0.25) is 0 Å². The van der Waals surface area contributed by atoms with Crippen molar-refractivity contribution in [2.45, 2.75) is 11.1 Å². The molecule has 4 aromatic rings. The van der Waals surface area contributed by atoms with Gasteiger partial charge in [0, 0.05) is 43.0 Å². The Labute approximate surface area is 190 Å². The number of nitrogens with one attached hydrogen (secondary N) is 2. The van der Waals surface area contributed by atoms with E-state index in [1.54, 1.807) is 19.1 Å². The number of halogens is 1. The third-order valence-corrected chi connectivity index (χ3v) is 7.50. The smallest absolute Gasteiger partial charge is 0.274 e. The van der Waals surface area contributed by atoms with E-state index >= 15 is 4.39 Å². The Kier molecular flexibility index (Phi) is 5.56. The van der Waals surface area contributed by atoms with Crippen LogP contribution in [0.4, 0.5) is 4.39 Å². The van der Waals surface area contributed by atoms with E-state index in [0.29, 0.717) is 16.9 Å². The molecule has 0 saturated heterocycles. The number of thiophene rings is 1. The maximum absolute atomic E-state index is 15.3. The van der Waals surface area contributed by atoms with Gasteiger partial charge in [-0.15, -0.1) is 11.3 Å². The van der Waals surface area contributed by atoms with Crippen molar-refractivity contribution in [3.05, 3.63) is 58.0 Å². The second-order valence-electron chi connectivity index (χ2n) is 7.14.